The van der Waals surface area contributed by atoms with Crippen molar-refractivity contribution in [2.75, 3.05) is 13.7 Å². The van der Waals surface area contributed by atoms with Crippen molar-refractivity contribution in [1.29, 1.82) is 0 Å². The maximum absolute atomic E-state index is 12.8. The molecule has 2 heterocycles. The molecule has 2 aliphatic rings. The SMILES string of the molecule is COC(=O)c1ccc2[nH]c3c(c2c1)CN(C(=O)NC1CCCCCC1)CC3. The topological polar surface area (TPSA) is 74.4 Å². The van der Waals surface area contributed by atoms with Gasteiger partial charge in [-0.25, -0.2) is 9.59 Å². The molecule has 0 atom stereocenters. The van der Waals surface area contributed by atoms with Crippen molar-refractivity contribution in [3.05, 3.63) is 35.0 Å². The summed E-state index contributed by atoms with van der Waals surface area (Å²) in [4.78, 5) is 30.0. The predicted octanol–water partition coefficient (Wildman–Crippen LogP) is 3.75. The third-order valence-electron chi connectivity index (χ3n) is 5.87. The smallest absolute Gasteiger partial charge is 0.337 e. The molecule has 2 aromatic rings. The van der Waals surface area contributed by atoms with E-state index >= 15 is 0 Å². The van der Waals surface area contributed by atoms with E-state index in [0.29, 0.717) is 24.7 Å². The molecule has 6 heteroatoms. The third-order valence-corrected chi connectivity index (χ3v) is 5.87. The molecule has 2 amide bonds. The Kier molecular flexibility index (Phi) is 5.05. The van der Waals surface area contributed by atoms with E-state index in [-0.39, 0.29) is 12.0 Å². The Morgan fingerprint density at radius 1 is 1.19 bits per heavy atom. The average Bonchev–Trinajstić information content (AvgIpc) is 2.85. The second-order valence-electron chi connectivity index (χ2n) is 7.64. The molecule has 0 unspecified atom stereocenters. The molecule has 1 saturated carbocycles. The van der Waals surface area contributed by atoms with E-state index in [1.165, 1.54) is 32.8 Å². The summed E-state index contributed by atoms with van der Waals surface area (Å²) >= 11 is 0. The van der Waals surface area contributed by atoms with Crippen LogP contribution < -0.4 is 5.32 Å². The highest BCUT2D eigenvalue weighted by Gasteiger charge is 2.26. The number of fused-ring (bicyclic) bond motifs is 3. The molecule has 1 aliphatic heterocycles. The number of amides is 2. The standard InChI is InChI=1S/C21H27N3O3/c1-27-20(25)14-8-9-18-16(12-14)17-13-24(11-10-19(17)23-18)21(26)22-15-6-4-2-3-5-7-15/h8-9,12,15,23H,2-7,10-11,13H2,1H3,(H,22,26). The van der Waals surface area contributed by atoms with Gasteiger partial charge in [-0.1, -0.05) is 25.7 Å². The van der Waals surface area contributed by atoms with Crippen molar-refractivity contribution in [1.82, 2.24) is 15.2 Å². The second kappa shape index (κ2) is 7.62. The molecule has 0 spiro atoms. The lowest BCUT2D eigenvalue weighted by Crippen LogP contribution is -2.46. The average molecular weight is 369 g/mol. The van der Waals surface area contributed by atoms with Crippen LogP contribution in [0.4, 0.5) is 4.79 Å². The number of nitrogens with one attached hydrogen (secondary N) is 2. The molecule has 1 fully saturated rings. The molecule has 1 aromatic heterocycles. The zero-order valence-electron chi connectivity index (χ0n) is 15.8. The van der Waals surface area contributed by atoms with Gasteiger partial charge in [-0.05, 0) is 31.0 Å². The fourth-order valence-electron chi connectivity index (χ4n) is 4.32. The Hall–Kier alpha value is -2.50. The van der Waals surface area contributed by atoms with Crippen LogP contribution in [-0.4, -0.2) is 41.6 Å². The minimum atomic E-state index is -0.342. The van der Waals surface area contributed by atoms with E-state index in [0.717, 1.165) is 41.4 Å². The summed E-state index contributed by atoms with van der Waals surface area (Å²) in [7, 11) is 1.39. The molecule has 144 valence electrons. The number of nitrogens with zero attached hydrogens (tertiary/aromatic N) is 1. The van der Waals surface area contributed by atoms with Gasteiger partial charge in [-0.3, -0.25) is 0 Å². The fraction of sp³-hybridized carbons (Fsp3) is 0.524. The Morgan fingerprint density at radius 2 is 1.96 bits per heavy atom. The predicted molar refractivity (Wildman–Crippen MR) is 104 cm³/mol. The number of methoxy groups -OCH3 is 1. The molecule has 2 N–H and O–H groups in total. The quantitative estimate of drug-likeness (QED) is 0.625. The molecule has 27 heavy (non-hydrogen) atoms. The number of ether oxygens (including phenoxy) is 1. The number of urea groups is 1. The van der Waals surface area contributed by atoms with Crippen LogP contribution in [0.5, 0.6) is 0 Å². The largest absolute Gasteiger partial charge is 0.465 e. The molecule has 0 saturated heterocycles. The molecular weight excluding hydrogens is 342 g/mol. The van der Waals surface area contributed by atoms with Gasteiger partial charge in [0.25, 0.3) is 0 Å². The van der Waals surface area contributed by atoms with Gasteiger partial charge < -0.3 is 19.9 Å². The summed E-state index contributed by atoms with van der Waals surface area (Å²) in [5, 5.41) is 4.24. The van der Waals surface area contributed by atoms with E-state index < -0.39 is 0 Å². The first-order chi connectivity index (χ1) is 13.2. The normalized spacial score (nSPS) is 18.0. The highest BCUT2D eigenvalue weighted by atomic mass is 16.5. The molecule has 0 bridgehead atoms. The van der Waals surface area contributed by atoms with Gasteiger partial charge in [0.2, 0.25) is 0 Å². The zero-order chi connectivity index (χ0) is 18.8. The number of H-pyrrole nitrogens is 1. The number of esters is 1. The lowest BCUT2D eigenvalue weighted by Gasteiger charge is -2.29. The van der Waals surface area contributed by atoms with Crippen LogP contribution in [0.15, 0.2) is 18.2 Å². The van der Waals surface area contributed by atoms with Crippen LogP contribution in [0.2, 0.25) is 0 Å². The molecule has 6 nitrogen and oxygen atoms in total. The Morgan fingerprint density at radius 3 is 2.70 bits per heavy atom. The number of aromatic amines is 1. The molecule has 4 rings (SSSR count). The van der Waals surface area contributed by atoms with E-state index in [1.54, 1.807) is 6.07 Å². The molecule has 0 radical (unpaired) electrons. The Balaban J connectivity index is 1.52. The van der Waals surface area contributed by atoms with Gasteiger partial charge in [0.1, 0.15) is 0 Å². The maximum atomic E-state index is 12.8. The zero-order valence-corrected chi connectivity index (χ0v) is 15.8. The van der Waals surface area contributed by atoms with Gasteiger partial charge in [0, 0.05) is 47.7 Å². The number of hydrogen-bond donors (Lipinski definition) is 2. The first kappa shape index (κ1) is 17.9. The van der Waals surface area contributed by atoms with Gasteiger partial charge in [-0.2, -0.15) is 0 Å². The van der Waals surface area contributed by atoms with Crippen LogP contribution >= 0.6 is 0 Å². The van der Waals surface area contributed by atoms with Crippen molar-refractivity contribution in [2.45, 2.75) is 57.5 Å². The maximum Gasteiger partial charge on any atom is 0.337 e. The summed E-state index contributed by atoms with van der Waals surface area (Å²) in [6, 6.07) is 5.88. The van der Waals surface area contributed by atoms with Gasteiger partial charge in [-0.15, -0.1) is 0 Å². The van der Waals surface area contributed by atoms with Gasteiger partial charge >= 0.3 is 12.0 Å². The summed E-state index contributed by atoms with van der Waals surface area (Å²) in [5.74, 6) is -0.342. The Bertz CT molecular complexity index is 850. The molecule has 1 aromatic carbocycles. The highest BCUT2D eigenvalue weighted by Crippen LogP contribution is 2.29. The van der Waals surface area contributed by atoms with Crippen molar-refractivity contribution in [3.63, 3.8) is 0 Å². The number of aromatic nitrogens is 1. The number of hydrogen-bond acceptors (Lipinski definition) is 3. The molecular formula is C21H27N3O3. The monoisotopic (exact) mass is 369 g/mol. The van der Waals surface area contributed by atoms with Crippen molar-refractivity contribution < 1.29 is 14.3 Å². The summed E-state index contributed by atoms with van der Waals surface area (Å²) in [6.45, 7) is 1.28. The van der Waals surface area contributed by atoms with Crippen molar-refractivity contribution >= 4 is 22.9 Å². The number of carbonyl (C=O) groups excluding carboxylic acids is 2. The lowest BCUT2D eigenvalue weighted by molar-refractivity contribution is 0.0601. The first-order valence-electron chi connectivity index (χ1n) is 9.93. The van der Waals surface area contributed by atoms with Crippen LogP contribution in [-0.2, 0) is 17.7 Å². The summed E-state index contributed by atoms with van der Waals surface area (Å²) in [6.07, 6.45) is 7.92. The van der Waals surface area contributed by atoms with Crippen LogP contribution in [0.3, 0.4) is 0 Å². The first-order valence-corrected chi connectivity index (χ1v) is 9.93. The highest BCUT2D eigenvalue weighted by molar-refractivity contribution is 5.96. The fourth-order valence-corrected chi connectivity index (χ4v) is 4.32. The summed E-state index contributed by atoms with van der Waals surface area (Å²) < 4.78 is 4.84. The van der Waals surface area contributed by atoms with E-state index in [2.05, 4.69) is 10.3 Å². The van der Waals surface area contributed by atoms with Gasteiger partial charge in [0.05, 0.1) is 12.7 Å². The summed E-state index contributed by atoms with van der Waals surface area (Å²) in [5.41, 5.74) is 3.80. The number of benzene rings is 1. The van der Waals surface area contributed by atoms with Gasteiger partial charge in [0.15, 0.2) is 0 Å². The van der Waals surface area contributed by atoms with Crippen molar-refractivity contribution in [2.24, 2.45) is 0 Å². The van der Waals surface area contributed by atoms with E-state index in [1.807, 2.05) is 17.0 Å². The van der Waals surface area contributed by atoms with E-state index in [4.69, 9.17) is 4.74 Å². The third kappa shape index (κ3) is 3.66. The minimum Gasteiger partial charge on any atom is -0.465 e. The van der Waals surface area contributed by atoms with Crippen molar-refractivity contribution in [3.8, 4) is 0 Å². The second-order valence-corrected chi connectivity index (χ2v) is 7.64. The number of carbonyl (C=O) groups is 2. The van der Waals surface area contributed by atoms with Crippen LogP contribution in [0.1, 0.15) is 60.1 Å². The van der Waals surface area contributed by atoms with Crippen LogP contribution in [0, 0.1) is 0 Å². The lowest BCUT2D eigenvalue weighted by atomic mass is 10.0. The Labute approximate surface area is 159 Å². The number of rotatable bonds is 2. The minimum absolute atomic E-state index is 0.0334. The van der Waals surface area contributed by atoms with Crippen LogP contribution in [0.25, 0.3) is 10.9 Å². The molecule has 1 aliphatic carbocycles. The van der Waals surface area contributed by atoms with E-state index in [9.17, 15) is 9.59 Å².